The fourth-order valence-corrected chi connectivity index (χ4v) is 3.32. The molecule has 2 amide bonds. The molecule has 1 N–H and O–H groups in total. The van der Waals surface area contributed by atoms with Crippen LogP contribution >= 0.6 is 0 Å². The van der Waals surface area contributed by atoms with Gasteiger partial charge in [0.05, 0.1) is 12.2 Å². The Kier molecular flexibility index (Phi) is 5.04. The molecule has 0 saturated heterocycles. The minimum absolute atomic E-state index is 0.108. The normalized spacial score (nSPS) is 15.4. The first-order valence-corrected chi connectivity index (χ1v) is 9.55. The Labute approximate surface area is 169 Å². The summed E-state index contributed by atoms with van der Waals surface area (Å²) in [6.45, 7) is 4.16. The summed E-state index contributed by atoms with van der Waals surface area (Å²) in [5.41, 5.74) is 3.96. The first-order chi connectivity index (χ1) is 14.0. The monoisotopic (exact) mass is 386 g/mol. The van der Waals surface area contributed by atoms with Crippen LogP contribution in [0, 0.1) is 6.92 Å². The summed E-state index contributed by atoms with van der Waals surface area (Å²) in [6.07, 6.45) is -0.556. The summed E-state index contributed by atoms with van der Waals surface area (Å²) < 4.78 is 5.77. The van der Waals surface area contributed by atoms with E-state index in [9.17, 15) is 9.59 Å². The van der Waals surface area contributed by atoms with Crippen molar-refractivity contribution >= 4 is 23.2 Å². The Balaban J connectivity index is 1.62. The van der Waals surface area contributed by atoms with Gasteiger partial charge in [-0.1, -0.05) is 48.0 Å². The van der Waals surface area contributed by atoms with E-state index in [-0.39, 0.29) is 11.8 Å². The predicted octanol–water partition coefficient (Wildman–Crippen LogP) is 4.56. The highest BCUT2D eigenvalue weighted by Crippen LogP contribution is 2.37. The molecule has 0 aromatic heterocycles. The average molecular weight is 386 g/mol. The highest BCUT2D eigenvalue weighted by atomic mass is 16.5. The Morgan fingerprint density at radius 1 is 1.03 bits per heavy atom. The van der Waals surface area contributed by atoms with Crippen LogP contribution in [-0.4, -0.2) is 17.9 Å². The van der Waals surface area contributed by atoms with Crippen LogP contribution in [0.4, 0.5) is 11.4 Å². The van der Waals surface area contributed by atoms with Gasteiger partial charge in [-0.2, -0.15) is 0 Å². The van der Waals surface area contributed by atoms with Crippen LogP contribution < -0.4 is 15.0 Å². The highest BCUT2D eigenvalue weighted by molar-refractivity contribution is 6.05. The maximum absolute atomic E-state index is 12.8. The third-order valence-corrected chi connectivity index (χ3v) is 4.92. The maximum Gasteiger partial charge on any atom is 0.268 e. The molecule has 5 nitrogen and oxygen atoms in total. The first-order valence-electron chi connectivity index (χ1n) is 9.55. The predicted molar refractivity (Wildman–Crippen MR) is 113 cm³/mol. The number of fused-ring (bicyclic) bond motifs is 1. The van der Waals surface area contributed by atoms with Gasteiger partial charge in [-0.15, -0.1) is 0 Å². The molecule has 1 atom stereocenters. The molecule has 1 aliphatic heterocycles. The van der Waals surface area contributed by atoms with Crippen molar-refractivity contribution in [1.82, 2.24) is 0 Å². The summed E-state index contributed by atoms with van der Waals surface area (Å²) in [6, 6.07) is 22.5. The number of amides is 2. The standard InChI is InChI=1S/C24H22N2O3/c1-16-8-10-19(11-9-16)23(27)25-20-12-13-22-21(14-20)26(24(28)17(2)29-22)15-18-6-4-3-5-7-18/h3-14,17H,15H2,1-2H3,(H,25,27). The Hall–Kier alpha value is -3.60. The third kappa shape index (κ3) is 3.99. The zero-order valence-corrected chi connectivity index (χ0v) is 16.4. The molecule has 0 radical (unpaired) electrons. The van der Waals surface area contributed by atoms with Crippen LogP contribution in [0.2, 0.25) is 0 Å². The van der Waals surface area contributed by atoms with Gasteiger partial charge >= 0.3 is 0 Å². The van der Waals surface area contributed by atoms with Crippen molar-refractivity contribution in [1.29, 1.82) is 0 Å². The van der Waals surface area contributed by atoms with E-state index in [1.54, 1.807) is 42.2 Å². The van der Waals surface area contributed by atoms with Crippen molar-refractivity contribution in [2.24, 2.45) is 0 Å². The molecule has 3 aromatic rings. The van der Waals surface area contributed by atoms with Gasteiger partial charge in [-0.05, 0) is 49.7 Å². The van der Waals surface area contributed by atoms with E-state index in [1.807, 2.05) is 49.4 Å². The summed E-state index contributed by atoms with van der Waals surface area (Å²) in [7, 11) is 0. The minimum Gasteiger partial charge on any atom is -0.479 e. The molecule has 4 rings (SSSR count). The highest BCUT2D eigenvalue weighted by Gasteiger charge is 2.31. The lowest BCUT2D eigenvalue weighted by atomic mass is 10.1. The van der Waals surface area contributed by atoms with Crippen LogP contribution in [0.25, 0.3) is 0 Å². The van der Waals surface area contributed by atoms with Gasteiger partial charge in [0, 0.05) is 11.3 Å². The molecule has 0 bridgehead atoms. The molecule has 3 aromatic carbocycles. The molecular formula is C24H22N2O3. The van der Waals surface area contributed by atoms with Gasteiger partial charge in [0.2, 0.25) is 0 Å². The molecule has 0 saturated carbocycles. The number of nitrogens with one attached hydrogen (secondary N) is 1. The van der Waals surface area contributed by atoms with E-state index in [4.69, 9.17) is 4.74 Å². The fourth-order valence-electron chi connectivity index (χ4n) is 3.32. The first kappa shape index (κ1) is 18.7. The Morgan fingerprint density at radius 2 is 1.76 bits per heavy atom. The summed E-state index contributed by atoms with van der Waals surface area (Å²) in [5, 5.41) is 2.91. The Morgan fingerprint density at radius 3 is 2.48 bits per heavy atom. The zero-order valence-electron chi connectivity index (χ0n) is 16.4. The van der Waals surface area contributed by atoms with E-state index in [0.29, 0.717) is 29.2 Å². The molecule has 146 valence electrons. The lowest BCUT2D eigenvalue weighted by Gasteiger charge is -2.33. The largest absolute Gasteiger partial charge is 0.479 e. The number of carbonyl (C=O) groups excluding carboxylic acids is 2. The van der Waals surface area contributed by atoms with Crippen molar-refractivity contribution in [2.45, 2.75) is 26.5 Å². The van der Waals surface area contributed by atoms with E-state index < -0.39 is 6.10 Å². The molecular weight excluding hydrogens is 364 g/mol. The number of aryl methyl sites for hydroxylation is 1. The molecule has 1 heterocycles. The number of carbonyl (C=O) groups is 2. The van der Waals surface area contributed by atoms with Gasteiger partial charge in [-0.3, -0.25) is 9.59 Å². The molecule has 5 heteroatoms. The molecule has 0 aliphatic carbocycles. The number of anilines is 2. The lowest BCUT2D eigenvalue weighted by Crippen LogP contribution is -2.44. The second kappa shape index (κ2) is 7.80. The number of hydrogen-bond acceptors (Lipinski definition) is 3. The van der Waals surface area contributed by atoms with E-state index in [0.717, 1.165) is 11.1 Å². The van der Waals surface area contributed by atoms with Crippen molar-refractivity contribution in [2.75, 3.05) is 10.2 Å². The van der Waals surface area contributed by atoms with Gasteiger partial charge in [-0.25, -0.2) is 0 Å². The summed E-state index contributed by atoms with van der Waals surface area (Å²) in [4.78, 5) is 27.1. The summed E-state index contributed by atoms with van der Waals surface area (Å²) in [5.74, 6) is 0.320. The van der Waals surface area contributed by atoms with Crippen LogP contribution in [0.5, 0.6) is 5.75 Å². The van der Waals surface area contributed by atoms with E-state index in [2.05, 4.69) is 5.32 Å². The number of rotatable bonds is 4. The topological polar surface area (TPSA) is 58.6 Å². The second-order valence-corrected chi connectivity index (χ2v) is 7.17. The number of ether oxygens (including phenoxy) is 1. The van der Waals surface area contributed by atoms with Crippen LogP contribution in [0.3, 0.4) is 0 Å². The zero-order chi connectivity index (χ0) is 20.4. The molecule has 1 unspecified atom stereocenters. The van der Waals surface area contributed by atoms with Gasteiger partial charge in [0.1, 0.15) is 5.75 Å². The average Bonchev–Trinajstić information content (AvgIpc) is 2.73. The minimum atomic E-state index is -0.556. The Bertz CT molecular complexity index is 1050. The fraction of sp³-hybridized carbons (Fsp3) is 0.167. The van der Waals surface area contributed by atoms with Crippen LogP contribution in [0.1, 0.15) is 28.4 Å². The maximum atomic E-state index is 12.8. The lowest BCUT2D eigenvalue weighted by molar-refractivity contribution is -0.125. The van der Waals surface area contributed by atoms with Crippen molar-refractivity contribution in [3.8, 4) is 5.75 Å². The number of hydrogen-bond donors (Lipinski definition) is 1. The smallest absolute Gasteiger partial charge is 0.268 e. The van der Waals surface area contributed by atoms with Gasteiger partial charge in [0.25, 0.3) is 11.8 Å². The van der Waals surface area contributed by atoms with E-state index in [1.165, 1.54) is 0 Å². The van der Waals surface area contributed by atoms with Crippen LogP contribution in [-0.2, 0) is 11.3 Å². The van der Waals surface area contributed by atoms with Crippen molar-refractivity contribution in [3.63, 3.8) is 0 Å². The number of benzene rings is 3. The molecule has 0 spiro atoms. The van der Waals surface area contributed by atoms with Gasteiger partial charge in [0.15, 0.2) is 6.10 Å². The molecule has 29 heavy (non-hydrogen) atoms. The SMILES string of the molecule is Cc1ccc(C(=O)Nc2ccc3c(c2)N(Cc2ccccc2)C(=O)C(C)O3)cc1. The second-order valence-electron chi connectivity index (χ2n) is 7.17. The summed E-state index contributed by atoms with van der Waals surface area (Å²) >= 11 is 0. The molecule has 0 fully saturated rings. The number of nitrogens with zero attached hydrogens (tertiary/aromatic N) is 1. The van der Waals surface area contributed by atoms with Crippen molar-refractivity contribution in [3.05, 3.63) is 89.5 Å². The quantitative estimate of drug-likeness (QED) is 0.715. The van der Waals surface area contributed by atoms with Gasteiger partial charge < -0.3 is 15.0 Å². The third-order valence-electron chi connectivity index (χ3n) is 4.92. The molecule has 1 aliphatic rings. The van der Waals surface area contributed by atoms with Crippen molar-refractivity contribution < 1.29 is 14.3 Å². The van der Waals surface area contributed by atoms with E-state index >= 15 is 0 Å². The van der Waals surface area contributed by atoms with Crippen LogP contribution in [0.15, 0.2) is 72.8 Å².